The van der Waals surface area contributed by atoms with Gasteiger partial charge in [-0.1, -0.05) is 31.3 Å². The van der Waals surface area contributed by atoms with E-state index in [4.69, 9.17) is 5.73 Å². The second kappa shape index (κ2) is 12.4. The molecule has 2 aromatic rings. The summed E-state index contributed by atoms with van der Waals surface area (Å²) in [5.74, 6) is -2.66. The van der Waals surface area contributed by atoms with Crippen molar-refractivity contribution in [3.05, 3.63) is 40.3 Å². The number of halogens is 2. The number of benzene rings is 1. The van der Waals surface area contributed by atoms with Crippen LogP contribution < -0.4 is 16.4 Å². The van der Waals surface area contributed by atoms with E-state index in [9.17, 15) is 27.1 Å². The number of piperidine rings is 1. The van der Waals surface area contributed by atoms with E-state index in [1.54, 1.807) is 0 Å². The molecule has 36 heavy (non-hydrogen) atoms. The third-order valence-corrected chi connectivity index (χ3v) is 9.17. The lowest BCUT2D eigenvalue weighted by Crippen LogP contribution is -2.44. The van der Waals surface area contributed by atoms with Crippen LogP contribution in [-0.4, -0.2) is 72.7 Å². The van der Waals surface area contributed by atoms with Crippen molar-refractivity contribution in [3.63, 3.8) is 0 Å². The van der Waals surface area contributed by atoms with Gasteiger partial charge in [0.15, 0.2) is 5.13 Å². The predicted molar refractivity (Wildman–Crippen MR) is 137 cm³/mol. The smallest absolute Gasteiger partial charge is 0.214 e. The number of rotatable bonds is 12. The number of sulfonamides is 1. The van der Waals surface area contributed by atoms with Crippen LogP contribution in [0.15, 0.2) is 18.2 Å². The molecule has 0 aliphatic carbocycles. The largest absolute Gasteiger partial charge is 0.395 e. The minimum atomic E-state index is -3.40. The van der Waals surface area contributed by atoms with Gasteiger partial charge in [-0.05, 0) is 43.9 Å². The summed E-state index contributed by atoms with van der Waals surface area (Å²) in [6.45, 7) is 5.17. The summed E-state index contributed by atoms with van der Waals surface area (Å²) in [4.78, 5) is 16.7. The number of nitrogens with two attached hydrogens (primary N) is 1. The molecule has 1 aliphatic rings. The molecule has 0 amide bonds. The maximum Gasteiger partial charge on any atom is 0.214 e. The van der Waals surface area contributed by atoms with E-state index in [1.807, 2.05) is 13.8 Å². The Morgan fingerprint density at radius 2 is 1.92 bits per heavy atom. The standard InChI is InChI=1S/C23H33F2N5O4S2/c1-14(2)18(13-31)27-9-4-12-36(33,34)30-10-7-15(8-11-30)28-23-29-22(26)21(35-23)20(32)19-16(24)5-3-6-17(19)25/h3,5-6,14-15,18,27,31H,4,7-13,26H2,1-2H3,(H,28,29)/t18-/m0/s1. The number of nitrogens with one attached hydrogen (secondary N) is 2. The number of anilines is 2. The first kappa shape index (κ1) is 28.4. The summed E-state index contributed by atoms with van der Waals surface area (Å²) in [6, 6.07) is 3.03. The van der Waals surface area contributed by atoms with Gasteiger partial charge in [0.1, 0.15) is 22.3 Å². The Morgan fingerprint density at radius 1 is 1.28 bits per heavy atom. The Morgan fingerprint density at radius 3 is 2.50 bits per heavy atom. The summed E-state index contributed by atoms with van der Waals surface area (Å²) < 4.78 is 54.9. The Kier molecular flexibility index (Phi) is 9.75. The number of carbonyl (C=O) groups excluding carboxylic acids is 1. The summed E-state index contributed by atoms with van der Waals surface area (Å²) in [5, 5.41) is 16.0. The molecule has 0 bridgehead atoms. The first-order valence-electron chi connectivity index (χ1n) is 11.9. The molecular weight excluding hydrogens is 512 g/mol. The van der Waals surface area contributed by atoms with Crippen LogP contribution in [0.5, 0.6) is 0 Å². The van der Waals surface area contributed by atoms with Crippen LogP contribution >= 0.6 is 11.3 Å². The Hall–Kier alpha value is -2.19. The fourth-order valence-corrected chi connectivity index (χ4v) is 6.46. The summed E-state index contributed by atoms with van der Waals surface area (Å²) >= 11 is 0.913. The Balaban J connectivity index is 1.52. The van der Waals surface area contributed by atoms with Crippen molar-refractivity contribution in [2.24, 2.45) is 5.92 Å². The molecule has 1 fully saturated rings. The van der Waals surface area contributed by atoms with E-state index in [0.29, 0.717) is 44.0 Å². The number of aromatic nitrogens is 1. The van der Waals surface area contributed by atoms with Gasteiger partial charge in [-0.15, -0.1) is 0 Å². The van der Waals surface area contributed by atoms with E-state index >= 15 is 0 Å². The summed E-state index contributed by atoms with van der Waals surface area (Å²) in [7, 11) is -3.40. The Bertz CT molecular complexity index is 1130. The monoisotopic (exact) mass is 545 g/mol. The number of ketones is 1. The van der Waals surface area contributed by atoms with Gasteiger partial charge >= 0.3 is 0 Å². The fourth-order valence-electron chi connectivity index (χ4n) is 4.02. The van der Waals surface area contributed by atoms with Crippen molar-refractivity contribution < 1.29 is 27.1 Å². The predicted octanol–water partition coefficient (Wildman–Crippen LogP) is 2.44. The molecule has 1 aromatic carbocycles. The van der Waals surface area contributed by atoms with Gasteiger partial charge in [-0.25, -0.2) is 26.5 Å². The minimum absolute atomic E-state index is 0.00532. The van der Waals surface area contributed by atoms with Gasteiger partial charge in [-0.3, -0.25) is 4.79 Å². The van der Waals surface area contributed by atoms with Crippen LogP contribution in [0.1, 0.15) is 48.3 Å². The van der Waals surface area contributed by atoms with Gasteiger partial charge in [0.2, 0.25) is 15.8 Å². The average Bonchev–Trinajstić information content (AvgIpc) is 3.18. The zero-order valence-electron chi connectivity index (χ0n) is 20.3. The van der Waals surface area contributed by atoms with Crippen LogP contribution in [0.4, 0.5) is 19.7 Å². The second-order valence-electron chi connectivity index (χ2n) is 9.13. The number of aliphatic hydroxyl groups excluding tert-OH is 1. The van der Waals surface area contributed by atoms with Gasteiger partial charge in [-0.2, -0.15) is 0 Å². The van der Waals surface area contributed by atoms with Crippen LogP contribution in [0.3, 0.4) is 0 Å². The van der Waals surface area contributed by atoms with Crippen molar-refractivity contribution in [1.82, 2.24) is 14.6 Å². The van der Waals surface area contributed by atoms with Crippen LogP contribution in [-0.2, 0) is 10.0 Å². The van der Waals surface area contributed by atoms with Crippen molar-refractivity contribution in [2.75, 3.05) is 43.0 Å². The molecule has 1 aliphatic heterocycles. The second-order valence-corrected chi connectivity index (χ2v) is 12.2. The maximum atomic E-state index is 14.0. The van der Waals surface area contributed by atoms with Crippen molar-refractivity contribution in [3.8, 4) is 0 Å². The number of nitrogens with zero attached hydrogens (tertiary/aromatic N) is 2. The summed E-state index contributed by atoms with van der Waals surface area (Å²) in [5.41, 5.74) is 5.18. The molecule has 0 spiro atoms. The number of hydrogen-bond donors (Lipinski definition) is 4. The number of thiazole rings is 1. The molecule has 9 nitrogen and oxygen atoms in total. The van der Waals surface area contributed by atoms with E-state index in [-0.39, 0.29) is 41.1 Å². The van der Waals surface area contributed by atoms with Crippen molar-refractivity contribution >= 4 is 38.1 Å². The molecule has 0 radical (unpaired) electrons. The molecule has 3 rings (SSSR count). The van der Waals surface area contributed by atoms with Crippen molar-refractivity contribution in [1.29, 1.82) is 0 Å². The van der Waals surface area contributed by atoms with Crippen LogP contribution in [0.25, 0.3) is 0 Å². The molecule has 5 N–H and O–H groups in total. The molecule has 13 heteroatoms. The first-order chi connectivity index (χ1) is 17.0. The zero-order valence-corrected chi connectivity index (χ0v) is 22.0. The van der Waals surface area contributed by atoms with Gasteiger partial charge in [0, 0.05) is 25.2 Å². The van der Waals surface area contributed by atoms with Crippen LogP contribution in [0, 0.1) is 17.6 Å². The average molecular weight is 546 g/mol. The summed E-state index contributed by atoms with van der Waals surface area (Å²) in [6.07, 6.45) is 1.51. The quantitative estimate of drug-likeness (QED) is 0.236. The highest BCUT2D eigenvalue weighted by Gasteiger charge is 2.29. The fraction of sp³-hybridized carbons (Fsp3) is 0.565. The molecule has 0 saturated carbocycles. The molecule has 0 unspecified atom stereocenters. The number of hydrogen-bond acceptors (Lipinski definition) is 9. The third kappa shape index (κ3) is 6.97. The maximum absolute atomic E-state index is 14.0. The van der Waals surface area contributed by atoms with Gasteiger partial charge in [0.05, 0.1) is 17.9 Å². The molecule has 2 heterocycles. The zero-order chi connectivity index (χ0) is 26.5. The highest BCUT2D eigenvalue weighted by molar-refractivity contribution is 7.89. The van der Waals surface area contributed by atoms with E-state index in [1.165, 1.54) is 10.4 Å². The lowest BCUT2D eigenvalue weighted by molar-refractivity contribution is 0.103. The minimum Gasteiger partial charge on any atom is -0.395 e. The molecular formula is C23H33F2N5O4S2. The molecule has 200 valence electrons. The van der Waals surface area contributed by atoms with Gasteiger partial charge in [0.25, 0.3) is 0 Å². The first-order valence-corrected chi connectivity index (χ1v) is 14.3. The number of nitrogen functional groups attached to an aromatic ring is 1. The normalized spacial score (nSPS) is 16.4. The van der Waals surface area contributed by atoms with E-state index in [2.05, 4.69) is 15.6 Å². The van der Waals surface area contributed by atoms with Gasteiger partial charge < -0.3 is 21.5 Å². The third-order valence-electron chi connectivity index (χ3n) is 6.21. The lowest BCUT2D eigenvalue weighted by atomic mass is 10.1. The molecule has 1 saturated heterocycles. The van der Waals surface area contributed by atoms with E-state index < -0.39 is 33.0 Å². The number of aliphatic hydroxyl groups is 1. The number of carbonyl (C=O) groups is 1. The lowest BCUT2D eigenvalue weighted by Gasteiger charge is -2.31. The van der Waals surface area contributed by atoms with Crippen molar-refractivity contribution in [2.45, 2.75) is 45.2 Å². The molecule has 1 atom stereocenters. The van der Waals surface area contributed by atoms with Crippen LogP contribution in [0.2, 0.25) is 0 Å². The SMILES string of the molecule is CC(C)[C@H](CO)NCCCS(=O)(=O)N1CCC(Nc2nc(N)c(C(=O)c3c(F)cccc3F)s2)CC1. The van der Waals surface area contributed by atoms with E-state index in [0.717, 1.165) is 23.5 Å². The Labute approximate surface area is 214 Å². The molecule has 1 aromatic heterocycles. The highest BCUT2D eigenvalue weighted by atomic mass is 32.2. The highest BCUT2D eigenvalue weighted by Crippen LogP contribution is 2.30. The topological polar surface area (TPSA) is 138 Å².